The van der Waals surface area contributed by atoms with Crippen LogP contribution in [0.3, 0.4) is 0 Å². The predicted octanol–water partition coefficient (Wildman–Crippen LogP) is 2.40. The van der Waals surface area contributed by atoms with E-state index in [1.807, 2.05) is 0 Å². The Morgan fingerprint density at radius 3 is 2.38 bits per heavy atom. The summed E-state index contributed by atoms with van der Waals surface area (Å²) < 4.78 is 14.6. The van der Waals surface area contributed by atoms with Crippen LogP contribution in [0.1, 0.15) is 25.5 Å². The van der Waals surface area contributed by atoms with Gasteiger partial charge in [0.25, 0.3) is 0 Å². The van der Waals surface area contributed by atoms with Gasteiger partial charge in [-0.15, -0.1) is 0 Å². The molecule has 130 valence electrons. The van der Waals surface area contributed by atoms with Gasteiger partial charge >= 0.3 is 12.1 Å². The van der Waals surface area contributed by atoms with E-state index in [1.54, 1.807) is 30.3 Å². The van der Waals surface area contributed by atoms with Crippen molar-refractivity contribution in [1.82, 2.24) is 4.90 Å². The first-order valence-corrected chi connectivity index (χ1v) is 7.76. The van der Waals surface area contributed by atoms with Crippen LogP contribution in [-0.2, 0) is 19.0 Å². The monoisotopic (exact) mass is 333 g/mol. The molecule has 6 heteroatoms. The lowest BCUT2D eigenvalue weighted by Crippen LogP contribution is -2.23. The van der Waals surface area contributed by atoms with Crippen molar-refractivity contribution in [1.29, 1.82) is 0 Å². The number of carbonyl (C=O) groups is 2. The van der Waals surface area contributed by atoms with E-state index >= 15 is 0 Å². The van der Waals surface area contributed by atoms with Crippen molar-refractivity contribution in [2.45, 2.75) is 20.0 Å². The molecule has 0 amide bonds. The van der Waals surface area contributed by atoms with E-state index < -0.39 is 18.2 Å². The van der Waals surface area contributed by atoms with Crippen LogP contribution in [0.2, 0.25) is 0 Å². The molecule has 1 rings (SSSR count). The molecule has 1 aromatic rings. The molecule has 0 saturated heterocycles. The van der Waals surface area contributed by atoms with Crippen molar-refractivity contribution < 1.29 is 23.8 Å². The number of ether oxygens (including phenoxy) is 3. The number of benzene rings is 1. The molecule has 0 aliphatic heterocycles. The first-order chi connectivity index (χ1) is 11.6. The summed E-state index contributed by atoms with van der Waals surface area (Å²) in [6, 6.07) is 8.59. The van der Waals surface area contributed by atoms with Gasteiger partial charge in [0.1, 0.15) is 0 Å². The maximum Gasteiger partial charge on any atom is 0.510 e. The largest absolute Gasteiger partial charge is 0.510 e. The zero-order valence-electron chi connectivity index (χ0n) is 14.3. The number of methoxy groups -OCH3 is 1. The maximum atomic E-state index is 11.8. The summed E-state index contributed by atoms with van der Waals surface area (Å²) >= 11 is 0. The van der Waals surface area contributed by atoms with Crippen LogP contribution in [0.15, 0.2) is 30.3 Å². The fourth-order valence-corrected chi connectivity index (χ4v) is 1.88. The van der Waals surface area contributed by atoms with Crippen LogP contribution in [-0.4, -0.2) is 50.4 Å². The number of carbonyl (C=O) groups excluding carboxylic acids is 2. The molecule has 1 atom stereocenters. The summed E-state index contributed by atoms with van der Waals surface area (Å²) in [5.41, 5.74) is 0.508. The zero-order chi connectivity index (χ0) is 17.8. The van der Waals surface area contributed by atoms with E-state index in [2.05, 4.69) is 35.3 Å². The molecule has 0 fully saturated rings. The van der Waals surface area contributed by atoms with E-state index in [-0.39, 0.29) is 6.61 Å². The summed E-state index contributed by atoms with van der Waals surface area (Å²) in [7, 11) is 1.23. The van der Waals surface area contributed by atoms with Crippen LogP contribution in [0, 0.1) is 11.8 Å². The van der Waals surface area contributed by atoms with Gasteiger partial charge in [0.15, 0.2) is 6.61 Å². The van der Waals surface area contributed by atoms with Crippen LogP contribution in [0.4, 0.5) is 4.79 Å². The van der Waals surface area contributed by atoms with Gasteiger partial charge in [-0.25, -0.2) is 9.59 Å². The van der Waals surface area contributed by atoms with Crippen molar-refractivity contribution in [3.8, 4) is 11.8 Å². The molecule has 1 unspecified atom stereocenters. The molecule has 0 heterocycles. The minimum absolute atomic E-state index is 0.0945. The van der Waals surface area contributed by atoms with Gasteiger partial charge in [-0.2, -0.15) is 0 Å². The molecule has 24 heavy (non-hydrogen) atoms. The Balaban J connectivity index is 2.52. The SMILES string of the molecule is CCN(CC)CC#CCOC(=O)OC(C(=O)OC)c1ccccc1. The number of esters is 1. The Hall–Kier alpha value is -2.52. The summed E-state index contributed by atoms with van der Waals surface area (Å²) in [4.78, 5) is 25.6. The summed E-state index contributed by atoms with van der Waals surface area (Å²) in [6.07, 6.45) is -2.13. The van der Waals surface area contributed by atoms with E-state index in [0.717, 1.165) is 13.1 Å². The average Bonchev–Trinajstić information content (AvgIpc) is 2.62. The summed E-state index contributed by atoms with van der Waals surface area (Å²) in [5, 5.41) is 0. The van der Waals surface area contributed by atoms with E-state index in [9.17, 15) is 9.59 Å². The Morgan fingerprint density at radius 1 is 1.12 bits per heavy atom. The molecule has 0 aliphatic rings. The van der Waals surface area contributed by atoms with E-state index in [1.165, 1.54) is 7.11 Å². The Morgan fingerprint density at radius 2 is 1.79 bits per heavy atom. The van der Waals surface area contributed by atoms with Gasteiger partial charge < -0.3 is 14.2 Å². The molecule has 0 bridgehead atoms. The second-order valence-electron chi connectivity index (χ2n) is 4.79. The zero-order valence-corrected chi connectivity index (χ0v) is 14.3. The van der Waals surface area contributed by atoms with Crippen molar-refractivity contribution in [3.05, 3.63) is 35.9 Å². The van der Waals surface area contributed by atoms with Crippen LogP contribution >= 0.6 is 0 Å². The number of hydrogen-bond acceptors (Lipinski definition) is 6. The highest BCUT2D eigenvalue weighted by Gasteiger charge is 2.26. The molecule has 1 aromatic carbocycles. The highest BCUT2D eigenvalue weighted by Crippen LogP contribution is 2.19. The topological polar surface area (TPSA) is 65.1 Å². The average molecular weight is 333 g/mol. The second-order valence-corrected chi connectivity index (χ2v) is 4.79. The minimum Gasteiger partial charge on any atom is -0.466 e. The Labute approximate surface area is 142 Å². The van der Waals surface area contributed by atoms with Crippen molar-refractivity contribution in [2.75, 3.05) is 33.4 Å². The highest BCUT2D eigenvalue weighted by molar-refractivity contribution is 5.79. The first kappa shape index (κ1) is 19.5. The number of hydrogen-bond donors (Lipinski definition) is 0. The molecule has 0 aliphatic carbocycles. The fraction of sp³-hybridized carbons (Fsp3) is 0.444. The number of rotatable bonds is 7. The number of nitrogens with zero attached hydrogens (tertiary/aromatic N) is 1. The Kier molecular flexibility index (Phi) is 9.02. The maximum absolute atomic E-state index is 11.8. The second kappa shape index (κ2) is 11.1. The third-order valence-electron chi connectivity index (χ3n) is 3.32. The quantitative estimate of drug-likeness (QED) is 0.564. The van der Waals surface area contributed by atoms with Crippen molar-refractivity contribution in [3.63, 3.8) is 0 Å². The van der Waals surface area contributed by atoms with Gasteiger partial charge in [-0.1, -0.05) is 56.0 Å². The molecular formula is C18H23NO5. The third kappa shape index (κ3) is 6.71. The van der Waals surface area contributed by atoms with Gasteiger partial charge in [0.2, 0.25) is 6.10 Å². The van der Waals surface area contributed by atoms with Gasteiger partial charge in [0.05, 0.1) is 13.7 Å². The Bertz CT molecular complexity index is 572. The van der Waals surface area contributed by atoms with Gasteiger partial charge in [0, 0.05) is 5.56 Å². The molecule has 0 spiro atoms. The third-order valence-corrected chi connectivity index (χ3v) is 3.32. The van der Waals surface area contributed by atoms with Crippen molar-refractivity contribution in [2.24, 2.45) is 0 Å². The van der Waals surface area contributed by atoms with E-state index in [0.29, 0.717) is 12.1 Å². The normalized spacial score (nSPS) is 11.2. The van der Waals surface area contributed by atoms with Crippen molar-refractivity contribution >= 4 is 12.1 Å². The van der Waals surface area contributed by atoms with Gasteiger partial charge in [-0.3, -0.25) is 4.90 Å². The lowest BCUT2D eigenvalue weighted by Gasteiger charge is -2.15. The lowest BCUT2D eigenvalue weighted by molar-refractivity contribution is -0.152. The molecule has 0 N–H and O–H groups in total. The molecule has 6 nitrogen and oxygen atoms in total. The van der Waals surface area contributed by atoms with E-state index in [4.69, 9.17) is 9.47 Å². The van der Waals surface area contributed by atoms with Crippen LogP contribution in [0.25, 0.3) is 0 Å². The smallest absolute Gasteiger partial charge is 0.466 e. The molecule has 0 radical (unpaired) electrons. The van der Waals surface area contributed by atoms with Crippen LogP contribution < -0.4 is 0 Å². The standard InChI is InChI=1S/C18H23NO5/c1-4-19(5-2)13-9-10-14-23-18(21)24-16(17(20)22-3)15-11-7-6-8-12-15/h6-8,11-12,16H,4-5,13-14H2,1-3H3. The van der Waals surface area contributed by atoms with Gasteiger partial charge in [-0.05, 0) is 13.1 Å². The van der Waals surface area contributed by atoms with Crippen LogP contribution in [0.5, 0.6) is 0 Å². The summed E-state index contributed by atoms with van der Waals surface area (Å²) in [6.45, 7) is 6.44. The summed E-state index contributed by atoms with van der Waals surface area (Å²) in [5.74, 6) is 4.98. The predicted molar refractivity (Wildman–Crippen MR) is 89.2 cm³/mol. The first-order valence-electron chi connectivity index (χ1n) is 7.76. The molecule has 0 saturated carbocycles. The lowest BCUT2D eigenvalue weighted by atomic mass is 10.1. The molecular weight excluding hydrogens is 310 g/mol. The fourth-order valence-electron chi connectivity index (χ4n) is 1.88. The minimum atomic E-state index is -1.16. The highest BCUT2D eigenvalue weighted by atomic mass is 16.7. The molecule has 0 aromatic heterocycles.